The van der Waals surface area contributed by atoms with E-state index < -0.39 is 6.09 Å². The molecule has 1 aromatic rings. The predicted octanol–water partition coefficient (Wildman–Crippen LogP) is 8.29. The molecule has 0 aromatic heterocycles. The quantitative estimate of drug-likeness (QED) is 0.181. The summed E-state index contributed by atoms with van der Waals surface area (Å²) in [6, 6.07) is 5.44. The van der Waals surface area contributed by atoms with Gasteiger partial charge < -0.3 is 15.2 Å². The average Bonchev–Trinajstić information content (AvgIpc) is 2.71. The van der Waals surface area contributed by atoms with Gasteiger partial charge in [-0.3, -0.25) is 9.79 Å². The minimum Gasteiger partial charge on any atom is -0.460 e. The Morgan fingerprint density at radius 1 is 1.09 bits per heavy atom. The summed E-state index contributed by atoms with van der Waals surface area (Å²) >= 11 is 13.7. The van der Waals surface area contributed by atoms with Crippen LogP contribution in [0.15, 0.2) is 38.7 Å². The van der Waals surface area contributed by atoms with Crippen molar-refractivity contribution in [1.29, 1.82) is 0 Å². The number of hydrogen-bond donors (Lipinski definition) is 1. The number of aliphatic imine (C=N–C) groups is 1. The SMILES string of the molecule is CCC(C)(C)OC(C)=O.CCC(C)C(COC(N)=O)=N/C(=C(\C)Sc1cc(Cl)cc(Cl)c1)C(C)C. The van der Waals surface area contributed by atoms with E-state index in [-0.39, 0.29) is 30.0 Å². The summed E-state index contributed by atoms with van der Waals surface area (Å²) < 4.78 is 9.93. The Morgan fingerprint density at radius 2 is 1.63 bits per heavy atom. The van der Waals surface area contributed by atoms with Crippen LogP contribution in [-0.2, 0) is 14.3 Å². The lowest BCUT2D eigenvalue weighted by molar-refractivity contribution is -0.153. The van der Waals surface area contributed by atoms with Crippen molar-refractivity contribution in [2.24, 2.45) is 22.6 Å². The summed E-state index contributed by atoms with van der Waals surface area (Å²) in [6.07, 6.45) is 0.949. The zero-order valence-corrected chi connectivity index (χ0v) is 24.7. The van der Waals surface area contributed by atoms with Gasteiger partial charge in [0.05, 0.1) is 11.4 Å². The van der Waals surface area contributed by atoms with E-state index in [4.69, 9.17) is 43.4 Å². The number of carbonyl (C=O) groups excluding carboxylic acids is 2. The van der Waals surface area contributed by atoms with Gasteiger partial charge in [-0.1, -0.05) is 69.6 Å². The Kier molecular flexibility index (Phi) is 15.3. The van der Waals surface area contributed by atoms with Crippen LogP contribution >= 0.6 is 35.0 Å². The summed E-state index contributed by atoms with van der Waals surface area (Å²) in [5.74, 6) is 0.174. The van der Waals surface area contributed by atoms with Crippen molar-refractivity contribution in [2.75, 3.05) is 6.61 Å². The molecule has 6 nitrogen and oxygen atoms in total. The topological polar surface area (TPSA) is 91.0 Å². The van der Waals surface area contributed by atoms with E-state index in [9.17, 15) is 9.59 Å². The van der Waals surface area contributed by atoms with E-state index in [2.05, 4.69) is 27.7 Å². The molecule has 0 saturated carbocycles. The van der Waals surface area contributed by atoms with Crippen LogP contribution in [0.5, 0.6) is 0 Å². The third-order valence-electron chi connectivity index (χ3n) is 5.09. The van der Waals surface area contributed by atoms with E-state index >= 15 is 0 Å². The minimum absolute atomic E-state index is 0.0987. The number of ether oxygens (including phenoxy) is 2. The van der Waals surface area contributed by atoms with E-state index in [0.717, 1.165) is 34.1 Å². The molecule has 0 aliphatic rings. The number of amides is 1. The van der Waals surface area contributed by atoms with Crippen molar-refractivity contribution < 1.29 is 19.1 Å². The van der Waals surface area contributed by atoms with Crippen LogP contribution in [0.3, 0.4) is 0 Å². The van der Waals surface area contributed by atoms with Crippen LogP contribution in [-0.4, -0.2) is 30.0 Å². The number of thioether (sulfide) groups is 1. The fraction of sp³-hybridized carbons (Fsp3) is 0.577. The first-order valence-corrected chi connectivity index (χ1v) is 13.2. The highest BCUT2D eigenvalue weighted by molar-refractivity contribution is 8.03. The Morgan fingerprint density at radius 3 is 2.00 bits per heavy atom. The van der Waals surface area contributed by atoms with Gasteiger partial charge in [-0.25, -0.2) is 4.79 Å². The fourth-order valence-electron chi connectivity index (χ4n) is 2.71. The molecule has 1 atom stereocenters. The molecule has 1 unspecified atom stereocenters. The number of nitrogens with zero attached hydrogens (tertiary/aromatic N) is 1. The molecule has 0 saturated heterocycles. The number of rotatable bonds is 10. The second-order valence-electron chi connectivity index (χ2n) is 9.03. The molecule has 1 amide bonds. The molecule has 0 bridgehead atoms. The van der Waals surface area contributed by atoms with Crippen molar-refractivity contribution in [3.05, 3.63) is 38.8 Å². The second kappa shape index (κ2) is 16.1. The van der Waals surface area contributed by atoms with E-state index in [1.165, 1.54) is 6.92 Å². The standard InChI is InChI=1S/C19H26Cl2N2O2S.C7H14O2/c1-6-12(4)17(10-25-19(22)24)23-18(11(2)3)13(5)26-16-8-14(20)7-15(21)9-16;1-5-7(3,4)9-6(2)8/h7-9,11-12H,6,10H2,1-5H3,(H2,22,24);5H2,1-4H3/b18-13+,23-17?;. The zero-order chi connectivity index (χ0) is 27.3. The molecule has 9 heteroatoms. The first-order chi connectivity index (χ1) is 16.1. The minimum atomic E-state index is -0.796. The summed E-state index contributed by atoms with van der Waals surface area (Å²) in [5.41, 5.74) is 6.56. The molecule has 0 aliphatic carbocycles. The number of benzene rings is 1. The molecule has 0 heterocycles. The second-order valence-corrected chi connectivity index (χ2v) is 11.2. The van der Waals surface area contributed by atoms with Gasteiger partial charge in [0.1, 0.15) is 12.2 Å². The van der Waals surface area contributed by atoms with Crippen LogP contribution in [0, 0.1) is 11.8 Å². The number of allylic oxidation sites excluding steroid dienone is 2. The average molecular weight is 548 g/mol. The Bertz CT molecular complexity index is 894. The molecule has 0 spiro atoms. The Labute approximate surface area is 225 Å². The maximum absolute atomic E-state index is 11.0. The third kappa shape index (κ3) is 14.5. The van der Waals surface area contributed by atoms with Gasteiger partial charge in [-0.2, -0.15) is 0 Å². The lowest BCUT2D eigenvalue weighted by Crippen LogP contribution is -2.25. The highest BCUT2D eigenvalue weighted by Gasteiger charge is 2.17. The van der Waals surface area contributed by atoms with Crippen molar-refractivity contribution >= 4 is 52.7 Å². The highest BCUT2D eigenvalue weighted by atomic mass is 35.5. The fourth-order valence-corrected chi connectivity index (χ4v) is 4.48. The molecule has 0 radical (unpaired) electrons. The van der Waals surface area contributed by atoms with Gasteiger partial charge in [0.25, 0.3) is 0 Å². The Balaban J connectivity index is 0.00000109. The Hall–Kier alpha value is -1.70. The maximum atomic E-state index is 11.0. The first-order valence-electron chi connectivity index (χ1n) is 11.7. The van der Waals surface area contributed by atoms with Crippen molar-refractivity contribution in [3.8, 4) is 0 Å². The molecule has 1 aromatic carbocycles. The summed E-state index contributed by atoms with van der Waals surface area (Å²) in [7, 11) is 0. The smallest absolute Gasteiger partial charge is 0.404 e. The van der Waals surface area contributed by atoms with Gasteiger partial charge in [-0.05, 0) is 63.6 Å². The molecule has 1 rings (SSSR count). The first kappa shape index (κ1) is 33.3. The molecule has 35 heavy (non-hydrogen) atoms. The molecule has 0 aliphatic heterocycles. The number of hydrogen-bond acceptors (Lipinski definition) is 6. The van der Waals surface area contributed by atoms with Crippen LogP contribution in [0.25, 0.3) is 0 Å². The predicted molar refractivity (Wildman–Crippen MR) is 148 cm³/mol. The number of carbonyl (C=O) groups is 2. The van der Waals surface area contributed by atoms with Crippen molar-refractivity contribution in [2.45, 2.75) is 85.7 Å². The number of primary amides is 1. The van der Waals surface area contributed by atoms with Crippen LogP contribution in [0.1, 0.15) is 75.2 Å². The van der Waals surface area contributed by atoms with Crippen molar-refractivity contribution in [3.63, 3.8) is 0 Å². The maximum Gasteiger partial charge on any atom is 0.404 e. The van der Waals surface area contributed by atoms with Crippen LogP contribution < -0.4 is 5.73 Å². The van der Waals surface area contributed by atoms with Gasteiger partial charge in [0, 0.05) is 26.8 Å². The van der Waals surface area contributed by atoms with E-state index in [0.29, 0.717) is 10.0 Å². The molecular formula is C26H40Cl2N2O4S. The van der Waals surface area contributed by atoms with Gasteiger partial charge in [0.2, 0.25) is 0 Å². The monoisotopic (exact) mass is 546 g/mol. The van der Waals surface area contributed by atoms with Gasteiger partial charge in [0.15, 0.2) is 0 Å². The van der Waals surface area contributed by atoms with E-state index in [1.807, 2.05) is 39.8 Å². The number of esters is 1. The van der Waals surface area contributed by atoms with Crippen molar-refractivity contribution in [1.82, 2.24) is 0 Å². The summed E-state index contributed by atoms with van der Waals surface area (Å²) in [4.78, 5) is 28.2. The lowest BCUT2D eigenvalue weighted by Gasteiger charge is -2.21. The third-order valence-corrected chi connectivity index (χ3v) is 6.52. The zero-order valence-electron chi connectivity index (χ0n) is 22.3. The van der Waals surface area contributed by atoms with E-state index in [1.54, 1.807) is 17.8 Å². The molecule has 2 N–H and O–H groups in total. The largest absolute Gasteiger partial charge is 0.460 e. The van der Waals surface area contributed by atoms with Crippen LogP contribution in [0.2, 0.25) is 10.0 Å². The number of nitrogens with two attached hydrogens (primary N) is 1. The van der Waals surface area contributed by atoms with Gasteiger partial charge >= 0.3 is 12.1 Å². The van der Waals surface area contributed by atoms with Gasteiger partial charge in [-0.15, -0.1) is 0 Å². The summed E-state index contributed by atoms with van der Waals surface area (Å²) in [5, 5.41) is 1.19. The molecule has 198 valence electrons. The van der Waals surface area contributed by atoms with Crippen LogP contribution in [0.4, 0.5) is 4.79 Å². The molecule has 0 fully saturated rings. The number of halogens is 2. The summed E-state index contributed by atoms with van der Waals surface area (Å²) in [6.45, 7) is 17.6. The lowest BCUT2D eigenvalue weighted by atomic mass is 10.0. The highest BCUT2D eigenvalue weighted by Crippen LogP contribution is 2.35. The molecular weight excluding hydrogens is 507 g/mol. The normalized spacial score (nSPS) is 13.4.